The summed E-state index contributed by atoms with van der Waals surface area (Å²) in [6.45, 7) is 1.42. The van der Waals surface area contributed by atoms with E-state index in [1.165, 1.54) is 0 Å². The molecule has 1 heterocycles. The lowest BCUT2D eigenvalue weighted by Crippen LogP contribution is -2.37. The molecule has 0 amide bonds. The van der Waals surface area contributed by atoms with Crippen LogP contribution in [0.2, 0.25) is 0 Å². The second kappa shape index (κ2) is 5.93. The van der Waals surface area contributed by atoms with Gasteiger partial charge in [-0.25, -0.2) is 12.7 Å². The third-order valence-electron chi connectivity index (χ3n) is 2.49. The SMILES string of the molecule is O=S(=O)(CCCCCl)N1CCCCC1. The van der Waals surface area contributed by atoms with Crippen molar-refractivity contribution in [2.75, 3.05) is 24.7 Å². The molecule has 0 spiro atoms. The van der Waals surface area contributed by atoms with E-state index in [9.17, 15) is 8.42 Å². The zero-order valence-electron chi connectivity index (χ0n) is 8.41. The molecule has 0 aliphatic carbocycles. The van der Waals surface area contributed by atoms with Crippen LogP contribution >= 0.6 is 11.6 Å². The van der Waals surface area contributed by atoms with Crippen molar-refractivity contribution in [1.29, 1.82) is 0 Å². The molecule has 0 saturated carbocycles. The number of nitrogens with zero attached hydrogens (tertiary/aromatic N) is 1. The van der Waals surface area contributed by atoms with Gasteiger partial charge < -0.3 is 0 Å². The molecule has 1 saturated heterocycles. The van der Waals surface area contributed by atoms with E-state index in [-0.39, 0.29) is 5.75 Å². The number of piperidine rings is 1. The number of rotatable bonds is 5. The molecule has 14 heavy (non-hydrogen) atoms. The molecule has 0 bridgehead atoms. The van der Waals surface area contributed by atoms with E-state index in [0.29, 0.717) is 25.4 Å². The van der Waals surface area contributed by atoms with Gasteiger partial charge in [-0.05, 0) is 25.7 Å². The van der Waals surface area contributed by atoms with E-state index >= 15 is 0 Å². The van der Waals surface area contributed by atoms with Crippen molar-refractivity contribution in [3.63, 3.8) is 0 Å². The summed E-state index contributed by atoms with van der Waals surface area (Å²) in [6.07, 6.45) is 4.65. The first-order valence-electron chi connectivity index (χ1n) is 5.20. The third-order valence-corrected chi connectivity index (χ3v) is 4.72. The Bertz CT molecular complexity index is 248. The molecular weight excluding hydrogens is 222 g/mol. The Hall–Kier alpha value is 0.200. The van der Waals surface area contributed by atoms with Gasteiger partial charge in [-0.3, -0.25) is 0 Å². The maximum Gasteiger partial charge on any atom is 0.214 e. The fraction of sp³-hybridized carbons (Fsp3) is 1.00. The van der Waals surface area contributed by atoms with Gasteiger partial charge in [0.1, 0.15) is 0 Å². The molecule has 5 heteroatoms. The Balaban J connectivity index is 2.38. The highest BCUT2D eigenvalue weighted by Crippen LogP contribution is 2.14. The number of hydrogen-bond donors (Lipinski definition) is 0. The van der Waals surface area contributed by atoms with Crippen molar-refractivity contribution in [3.8, 4) is 0 Å². The van der Waals surface area contributed by atoms with Crippen LogP contribution in [-0.2, 0) is 10.0 Å². The molecular formula is C9H18ClNO2S. The van der Waals surface area contributed by atoms with Gasteiger partial charge in [-0.1, -0.05) is 6.42 Å². The summed E-state index contributed by atoms with van der Waals surface area (Å²) in [6, 6.07) is 0. The highest BCUT2D eigenvalue weighted by molar-refractivity contribution is 7.89. The Labute approximate surface area is 91.5 Å². The van der Waals surface area contributed by atoms with Gasteiger partial charge in [0.25, 0.3) is 0 Å². The van der Waals surface area contributed by atoms with Crippen LogP contribution in [0.4, 0.5) is 0 Å². The normalized spacial score (nSPS) is 19.8. The van der Waals surface area contributed by atoms with Crippen LogP contribution in [0, 0.1) is 0 Å². The zero-order valence-corrected chi connectivity index (χ0v) is 9.99. The van der Waals surface area contributed by atoms with Crippen LogP contribution in [0.3, 0.4) is 0 Å². The fourth-order valence-corrected chi connectivity index (χ4v) is 3.48. The topological polar surface area (TPSA) is 37.4 Å². The van der Waals surface area contributed by atoms with Gasteiger partial charge in [0.2, 0.25) is 10.0 Å². The van der Waals surface area contributed by atoms with Gasteiger partial charge in [0.05, 0.1) is 5.75 Å². The molecule has 0 N–H and O–H groups in total. The van der Waals surface area contributed by atoms with E-state index < -0.39 is 10.0 Å². The average molecular weight is 240 g/mol. The Morgan fingerprint density at radius 3 is 2.29 bits per heavy atom. The molecule has 0 unspecified atom stereocenters. The molecule has 1 aliphatic heterocycles. The fourth-order valence-electron chi connectivity index (χ4n) is 1.65. The van der Waals surface area contributed by atoms with E-state index in [0.717, 1.165) is 25.7 Å². The van der Waals surface area contributed by atoms with Crippen LogP contribution in [-0.4, -0.2) is 37.4 Å². The predicted molar refractivity (Wildman–Crippen MR) is 59.2 cm³/mol. The first kappa shape index (κ1) is 12.3. The second-order valence-corrected chi connectivity index (χ2v) is 6.14. The number of alkyl halides is 1. The summed E-state index contributed by atoms with van der Waals surface area (Å²) in [5.41, 5.74) is 0. The standard InChI is InChI=1S/C9H18ClNO2S/c10-6-2-5-9-14(12,13)11-7-3-1-4-8-11/h1-9H2. The number of halogens is 1. The number of unbranched alkanes of at least 4 members (excludes halogenated alkanes) is 1. The quantitative estimate of drug-likeness (QED) is 0.542. The second-order valence-electron chi connectivity index (χ2n) is 3.67. The zero-order chi connectivity index (χ0) is 10.4. The molecule has 3 nitrogen and oxygen atoms in total. The van der Waals surface area contributed by atoms with Crippen molar-refractivity contribution in [2.24, 2.45) is 0 Å². The summed E-state index contributed by atoms with van der Waals surface area (Å²) >= 11 is 5.51. The average Bonchev–Trinajstić information content (AvgIpc) is 2.19. The van der Waals surface area contributed by atoms with Gasteiger partial charge >= 0.3 is 0 Å². The summed E-state index contributed by atoms with van der Waals surface area (Å²) in [7, 11) is -2.98. The van der Waals surface area contributed by atoms with Crippen LogP contribution in [0.5, 0.6) is 0 Å². The summed E-state index contributed by atoms with van der Waals surface area (Å²) in [5, 5.41) is 0. The van der Waals surface area contributed by atoms with E-state index in [1.54, 1.807) is 4.31 Å². The molecule has 84 valence electrons. The van der Waals surface area contributed by atoms with E-state index in [2.05, 4.69) is 0 Å². The lowest BCUT2D eigenvalue weighted by Gasteiger charge is -2.25. The monoisotopic (exact) mass is 239 g/mol. The smallest absolute Gasteiger partial charge is 0.212 e. The lowest BCUT2D eigenvalue weighted by atomic mass is 10.2. The molecule has 0 aromatic carbocycles. The minimum Gasteiger partial charge on any atom is -0.212 e. The van der Waals surface area contributed by atoms with Gasteiger partial charge in [-0.15, -0.1) is 11.6 Å². The maximum absolute atomic E-state index is 11.7. The Morgan fingerprint density at radius 1 is 1.07 bits per heavy atom. The van der Waals surface area contributed by atoms with Gasteiger partial charge in [0, 0.05) is 19.0 Å². The molecule has 1 fully saturated rings. The highest BCUT2D eigenvalue weighted by atomic mass is 35.5. The Morgan fingerprint density at radius 2 is 1.71 bits per heavy atom. The number of hydrogen-bond acceptors (Lipinski definition) is 2. The van der Waals surface area contributed by atoms with Crippen molar-refractivity contribution in [3.05, 3.63) is 0 Å². The van der Waals surface area contributed by atoms with Crippen LogP contribution in [0.25, 0.3) is 0 Å². The predicted octanol–water partition coefficient (Wildman–Crippen LogP) is 1.82. The van der Waals surface area contributed by atoms with Crippen LogP contribution in [0.15, 0.2) is 0 Å². The first-order chi connectivity index (χ1) is 6.67. The molecule has 1 aliphatic rings. The molecule has 0 radical (unpaired) electrons. The maximum atomic E-state index is 11.7. The van der Waals surface area contributed by atoms with Crippen molar-refractivity contribution in [1.82, 2.24) is 4.31 Å². The van der Waals surface area contributed by atoms with Crippen molar-refractivity contribution < 1.29 is 8.42 Å². The summed E-state index contributed by atoms with van der Waals surface area (Å²) in [5.74, 6) is 0.815. The highest BCUT2D eigenvalue weighted by Gasteiger charge is 2.22. The minimum atomic E-state index is -2.98. The minimum absolute atomic E-state index is 0.264. The number of sulfonamides is 1. The van der Waals surface area contributed by atoms with Crippen LogP contribution in [0.1, 0.15) is 32.1 Å². The summed E-state index contributed by atoms with van der Waals surface area (Å²) < 4.78 is 25.1. The van der Waals surface area contributed by atoms with Crippen molar-refractivity contribution in [2.45, 2.75) is 32.1 Å². The van der Waals surface area contributed by atoms with Crippen LogP contribution < -0.4 is 0 Å². The van der Waals surface area contributed by atoms with E-state index in [1.807, 2.05) is 0 Å². The third kappa shape index (κ3) is 3.75. The lowest BCUT2D eigenvalue weighted by molar-refractivity contribution is 0.346. The summed E-state index contributed by atoms with van der Waals surface area (Å²) in [4.78, 5) is 0. The largest absolute Gasteiger partial charge is 0.214 e. The first-order valence-corrected chi connectivity index (χ1v) is 7.35. The van der Waals surface area contributed by atoms with Gasteiger partial charge in [-0.2, -0.15) is 0 Å². The molecule has 0 aromatic heterocycles. The molecule has 0 atom stereocenters. The molecule has 1 rings (SSSR count). The Kier molecular flexibility index (Phi) is 5.20. The molecule has 0 aromatic rings. The van der Waals surface area contributed by atoms with Gasteiger partial charge in [0.15, 0.2) is 0 Å². The van der Waals surface area contributed by atoms with Crippen molar-refractivity contribution >= 4 is 21.6 Å². The van der Waals surface area contributed by atoms with E-state index in [4.69, 9.17) is 11.6 Å².